The first-order valence-electron chi connectivity index (χ1n) is 8.53. The van der Waals surface area contributed by atoms with Gasteiger partial charge in [0, 0.05) is 7.05 Å². The van der Waals surface area contributed by atoms with E-state index in [9.17, 15) is 9.90 Å². The molecule has 1 aliphatic carbocycles. The van der Waals surface area contributed by atoms with Crippen LogP contribution in [0.5, 0.6) is 5.75 Å². The highest BCUT2D eigenvalue weighted by Crippen LogP contribution is 2.41. The molecule has 1 unspecified atom stereocenters. The number of phenolic OH excluding ortho intramolecular Hbond substituents is 1. The van der Waals surface area contributed by atoms with Gasteiger partial charge in [0.1, 0.15) is 5.75 Å². The molecule has 1 fully saturated rings. The number of hydrogen-bond acceptors (Lipinski definition) is 4. The van der Waals surface area contributed by atoms with Gasteiger partial charge in [0.05, 0.1) is 0 Å². The summed E-state index contributed by atoms with van der Waals surface area (Å²) in [4.78, 5) is 19.1. The van der Waals surface area contributed by atoms with Crippen LogP contribution in [-0.4, -0.2) is 28.9 Å². The Labute approximate surface area is 146 Å². The first-order chi connectivity index (χ1) is 12.0. The molecule has 0 aromatic heterocycles. The standard InChI is InChI=1S/C20H21N3O2/c1-23-18(25)20(22-19(23)21,15-7-9-17(24)10-8-15)16-4-2-3-14(12-16)11-13-5-6-13/h2-4,7-10,12-13,24H,5-6,11H2,1H3,(H2,21,22). The molecular formula is C20H21N3O2. The predicted octanol–water partition coefficient (Wildman–Crippen LogP) is 2.38. The predicted molar refractivity (Wildman–Crippen MR) is 96.1 cm³/mol. The topological polar surface area (TPSA) is 78.9 Å². The van der Waals surface area contributed by atoms with E-state index >= 15 is 0 Å². The monoisotopic (exact) mass is 335 g/mol. The second-order valence-corrected chi connectivity index (χ2v) is 6.94. The van der Waals surface area contributed by atoms with Crippen molar-refractivity contribution in [3.05, 3.63) is 65.2 Å². The average Bonchev–Trinajstić information content (AvgIpc) is 3.39. The smallest absolute Gasteiger partial charge is 0.266 e. The lowest BCUT2D eigenvalue weighted by Gasteiger charge is -2.26. The van der Waals surface area contributed by atoms with E-state index in [2.05, 4.69) is 17.1 Å². The summed E-state index contributed by atoms with van der Waals surface area (Å²) in [5.41, 5.74) is 7.53. The van der Waals surface area contributed by atoms with Crippen LogP contribution in [0.4, 0.5) is 0 Å². The number of benzene rings is 2. The number of nitrogens with zero attached hydrogens (tertiary/aromatic N) is 2. The van der Waals surface area contributed by atoms with Crippen molar-refractivity contribution in [1.82, 2.24) is 4.90 Å². The van der Waals surface area contributed by atoms with E-state index in [4.69, 9.17) is 5.73 Å². The first kappa shape index (κ1) is 15.7. The van der Waals surface area contributed by atoms with Gasteiger partial charge in [-0.1, -0.05) is 36.4 Å². The van der Waals surface area contributed by atoms with Gasteiger partial charge in [-0.15, -0.1) is 0 Å². The quantitative estimate of drug-likeness (QED) is 0.900. The molecule has 5 heteroatoms. The van der Waals surface area contributed by atoms with Crippen molar-refractivity contribution in [3.63, 3.8) is 0 Å². The van der Waals surface area contributed by atoms with Crippen molar-refractivity contribution in [2.45, 2.75) is 24.8 Å². The molecule has 3 N–H and O–H groups in total. The molecule has 1 amide bonds. The SMILES string of the molecule is CN1C(=O)C(c2ccc(O)cc2)(c2cccc(CC3CC3)c2)N=C1N. The number of nitrogens with two attached hydrogens (primary N) is 1. The highest BCUT2D eigenvalue weighted by atomic mass is 16.3. The van der Waals surface area contributed by atoms with E-state index in [0.717, 1.165) is 17.9 Å². The molecule has 4 rings (SSSR count). The lowest BCUT2D eigenvalue weighted by Crippen LogP contribution is -2.41. The summed E-state index contributed by atoms with van der Waals surface area (Å²) >= 11 is 0. The Morgan fingerprint density at radius 2 is 1.92 bits per heavy atom. The number of carbonyl (C=O) groups excluding carboxylic acids is 1. The van der Waals surface area contributed by atoms with Gasteiger partial charge in [-0.3, -0.25) is 9.69 Å². The minimum absolute atomic E-state index is 0.150. The number of rotatable bonds is 4. The normalized spacial score (nSPS) is 23.0. The molecule has 2 aromatic carbocycles. The summed E-state index contributed by atoms with van der Waals surface area (Å²) in [5, 5.41) is 9.62. The summed E-state index contributed by atoms with van der Waals surface area (Å²) in [6, 6.07) is 14.7. The van der Waals surface area contributed by atoms with Crippen LogP contribution in [0.15, 0.2) is 53.5 Å². The second-order valence-electron chi connectivity index (χ2n) is 6.94. The largest absolute Gasteiger partial charge is 0.508 e. The molecule has 0 bridgehead atoms. The second kappa shape index (κ2) is 5.62. The minimum atomic E-state index is -1.19. The summed E-state index contributed by atoms with van der Waals surface area (Å²) in [5.74, 6) is 0.928. The zero-order valence-electron chi connectivity index (χ0n) is 14.1. The summed E-state index contributed by atoms with van der Waals surface area (Å²) in [6.45, 7) is 0. The van der Waals surface area contributed by atoms with Crippen LogP contribution in [0.1, 0.15) is 29.5 Å². The third kappa shape index (κ3) is 2.56. The number of guanidine groups is 1. The van der Waals surface area contributed by atoms with Gasteiger partial charge >= 0.3 is 0 Å². The molecule has 1 saturated carbocycles. The Bertz CT molecular complexity index is 855. The number of carbonyl (C=O) groups is 1. The van der Waals surface area contributed by atoms with E-state index in [-0.39, 0.29) is 17.6 Å². The lowest BCUT2D eigenvalue weighted by atomic mass is 9.82. The molecule has 25 heavy (non-hydrogen) atoms. The molecular weight excluding hydrogens is 314 g/mol. The number of aliphatic imine (C=N–C) groups is 1. The fourth-order valence-electron chi connectivity index (χ4n) is 3.47. The molecule has 0 saturated heterocycles. The Morgan fingerprint density at radius 1 is 1.20 bits per heavy atom. The van der Waals surface area contributed by atoms with Crippen molar-refractivity contribution in [1.29, 1.82) is 0 Å². The van der Waals surface area contributed by atoms with Crippen LogP contribution >= 0.6 is 0 Å². The van der Waals surface area contributed by atoms with E-state index in [1.807, 2.05) is 12.1 Å². The van der Waals surface area contributed by atoms with Gasteiger partial charge < -0.3 is 10.8 Å². The fourth-order valence-corrected chi connectivity index (χ4v) is 3.47. The van der Waals surface area contributed by atoms with Crippen molar-refractivity contribution in [3.8, 4) is 5.75 Å². The van der Waals surface area contributed by atoms with Gasteiger partial charge in [-0.05, 0) is 54.0 Å². The number of amides is 1. The maximum Gasteiger partial charge on any atom is 0.266 e. The van der Waals surface area contributed by atoms with Crippen molar-refractivity contribution in [2.75, 3.05) is 7.05 Å². The summed E-state index contributed by atoms with van der Waals surface area (Å²) < 4.78 is 0. The third-order valence-electron chi connectivity index (χ3n) is 5.09. The molecule has 2 aliphatic rings. The van der Waals surface area contributed by atoms with Crippen LogP contribution in [0, 0.1) is 5.92 Å². The maximum atomic E-state index is 13.1. The van der Waals surface area contributed by atoms with Crippen molar-refractivity contribution in [2.24, 2.45) is 16.6 Å². The molecule has 1 aliphatic heterocycles. The number of likely N-dealkylation sites (N-methyl/N-ethyl adjacent to an activating group) is 1. The third-order valence-corrected chi connectivity index (χ3v) is 5.09. The molecule has 1 atom stereocenters. The number of phenols is 1. The van der Waals surface area contributed by atoms with Gasteiger partial charge in [0.25, 0.3) is 5.91 Å². The molecule has 0 radical (unpaired) electrons. The van der Waals surface area contributed by atoms with Crippen molar-refractivity contribution >= 4 is 11.9 Å². The molecule has 2 aromatic rings. The van der Waals surface area contributed by atoms with Crippen LogP contribution in [0.2, 0.25) is 0 Å². The molecule has 1 heterocycles. The molecule has 5 nitrogen and oxygen atoms in total. The fraction of sp³-hybridized carbons (Fsp3) is 0.300. The van der Waals surface area contributed by atoms with E-state index < -0.39 is 5.54 Å². The van der Waals surface area contributed by atoms with Crippen LogP contribution in [-0.2, 0) is 16.8 Å². The minimum Gasteiger partial charge on any atom is -0.508 e. The summed E-state index contributed by atoms with van der Waals surface area (Å²) in [7, 11) is 1.64. The average molecular weight is 335 g/mol. The molecule has 128 valence electrons. The summed E-state index contributed by atoms with van der Waals surface area (Å²) in [6.07, 6.45) is 3.59. The van der Waals surface area contributed by atoms with Crippen molar-refractivity contribution < 1.29 is 9.90 Å². The highest BCUT2D eigenvalue weighted by Gasteiger charge is 2.49. The Hall–Kier alpha value is -2.82. The number of hydrogen-bond donors (Lipinski definition) is 2. The van der Waals surface area contributed by atoms with Gasteiger partial charge in [0.15, 0.2) is 11.5 Å². The van der Waals surface area contributed by atoms with Gasteiger partial charge in [-0.25, -0.2) is 4.99 Å². The Kier molecular flexibility index (Phi) is 3.53. The van der Waals surface area contributed by atoms with Gasteiger partial charge in [-0.2, -0.15) is 0 Å². The lowest BCUT2D eigenvalue weighted by molar-refractivity contribution is -0.129. The van der Waals surface area contributed by atoms with Crippen LogP contribution < -0.4 is 5.73 Å². The van der Waals surface area contributed by atoms with Gasteiger partial charge in [0.2, 0.25) is 0 Å². The van der Waals surface area contributed by atoms with E-state index in [1.54, 1.807) is 31.3 Å². The molecule has 0 spiro atoms. The Morgan fingerprint density at radius 3 is 2.52 bits per heavy atom. The first-order valence-corrected chi connectivity index (χ1v) is 8.53. The zero-order chi connectivity index (χ0) is 17.6. The highest BCUT2D eigenvalue weighted by molar-refractivity contribution is 6.08. The Balaban J connectivity index is 1.87. The van der Waals surface area contributed by atoms with Crippen LogP contribution in [0.25, 0.3) is 0 Å². The van der Waals surface area contributed by atoms with E-state index in [0.29, 0.717) is 5.56 Å². The number of aromatic hydroxyl groups is 1. The van der Waals surface area contributed by atoms with E-state index in [1.165, 1.54) is 23.3 Å². The zero-order valence-corrected chi connectivity index (χ0v) is 14.1. The maximum absolute atomic E-state index is 13.1. The van der Waals surface area contributed by atoms with Crippen LogP contribution in [0.3, 0.4) is 0 Å².